The summed E-state index contributed by atoms with van der Waals surface area (Å²) in [5.74, 6) is -1.09. The van der Waals surface area contributed by atoms with Gasteiger partial charge in [0.1, 0.15) is 6.10 Å². The van der Waals surface area contributed by atoms with E-state index < -0.39 is 23.6 Å². The van der Waals surface area contributed by atoms with Gasteiger partial charge in [-0.2, -0.15) is 0 Å². The lowest BCUT2D eigenvalue weighted by molar-refractivity contribution is -0.151. The van der Waals surface area contributed by atoms with E-state index in [1.165, 1.54) is 7.11 Å². The van der Waals surface area contributed by atoms with Gasteiger partial charge in [0.25, 0.3) is 0 Å². The number of nitrogens with two attached hydrogens (primary N) is 1. The van der Waals surface area contributed by atoms with Gasteiger partial charge >= 0.3 is 11.9 Å². The molecule has 0 saturated heterocycles. The highest BCUT2D eigenvalue weighted by atomic mass is 16.6. The predicted octanol–water partition coefficient (Wildman–Crippen LogP) is 1.43. The second kappa shape index (κ2) is 5.88. The minimum atomic E-state index is -1.33. The third-order valence-electron chi connectivity index (χ3n) is 3.35. The zero-order chi connectivity index (χ0) is 14.6. The number of rotatable bonds is 3. The van der Waals surface area contributed by atoms with Crippen molar-refractivity contribution in [1.82, 2.24) is 0 Å². The van der Waals surface area contributed by atoms with Gasteiger partial charge < -0.3 is 15.2 Å². The van der Waals surface area contributed by atoms with Crippen LogP contribution in [0.5, 0.6) is 0 Å². The first kappa shape index (κ1) is 14.3. The first-order valence-corrected chi connectivity index (χ1v) is 6.38. The number of benzene rings is 1. The summed E-state index contributed by atoms with van der Waals surface area (Å²) in [6, 6.07) is 8.57. The van der Waals surface area contributed by atoms with Crippen LogP contribution in [-0.2, 0) is 14.3 Å². The highest BCUT2D eigenvalue weighted by Crippen LogP contribution is 2.26. The summed E-state index contributed by atoms with van der Waals surface area (Å²) in [6.07, 6.45) is 3.68. The fraction of sp³-hybridized carbons (Fsp3) is 0.333. The van der Waals surface area contributed by atoms with Gasteiger partial charge in [0.05, 0.1) is 12.7 Å². The molecule has 0 saturated carbocycles. The van der Waals surface area contributed by atoms with E-state index in [2.05, 4.69) is 0 Å². The average Bonchev–Trinajstić information content (AvgIpc) is 2.49. The Hall–Kier alpha value is -2.14. The normalized spacial score (nSPS) is 25.0. The maximum absolute atomic E-state index is 12.0. The van der Waals surface area contributed by atoms with E-state index in [-0.39, 0.29) is 0 Å². The molecule has 1 aliphatic carbocycles. The van der Waals surface area contributed by atoms with Crippen LogP contribution in [0.1, 0.15) is 23.2 Å². The Morgan fingerprint density at radius 1 is 1.30 bits per heavy atom. The number of hydrogen-bond donors (Lipinski definition) is 1. The van der Waals surface area contributed by atoms with Crippen molar-refractivity contribution >= 4 is 11.9 Å². The molecule has 0 amide bonds. The molecule has 1 aromatic carbocycles. The molecule has 1 aromatic rings. The number of esters is 2. The molecule has 0 unspecified atom stereocenters. The van der Waals surface area contributed by atoms with E-state index in [0.717, 1.165) is 0 Å². The van der Waals surface area contributed by atoms with Crippen molar-refractivity contribution in [2.45, 2.75) is 24.5 Å². The number of carbonyl (C=O) groups excluding carboxylic acids is 2. The number of methoxy groups -OCH3 is 1. The van der Waals surface area contributed by atoms with Crippen LogP contribution in [0.25, 0.3) is 0 Å². The van der Waals surface area contributed by atoms with Crippen LogP contribution in [0.2, 0.25) is 0 Å². The number of hydrogen-bond acceptors (Lipinski definition) is 5. The molecule has 20 heavy (non-hydrogen) atoms. The lowest BCUT2D eigenvalue weighted by Gasteiger charge is -2.34. The van der Waals surface area contributed by atoms with Crippen molar-refractivity contribution in [2.24, 2.45) is 5.73 Å². The molecule has 2 rings (SSSR count). The van der Waals surface area contributed by atoms with Gasteiger partial charge in [-0.15, -0.1) is 0 Å². The highest BCUT2D eigenvalue weighted by molar-refractivity contribution is 5.90. The van der Waals surface area contributed by atoms with Crippen molar-refractivity contribution in [3.8, 4) is 0 Å². The summed E-state index contributed by atoms with van der Waals surface area (Å²) >= 11 is 0. The molecule has 0 aromatic heterocycles. The fourth-order valence-corrected chi connectivity index (χ4v) is 2.17. The molecule has 0 heterocycles. The lowest BCUT2D eigenvalue weighted by Crippen LogP contribution is -2.59. The standard InChI is InChI=1S/C15H17NO4/c1-19-14(18)15(16)10-6-5-9-12(15)20-13(17)11-7-3-2-4-8-11/h2-5,7-9,12H,6,10,16H2,1H3/t12-,15+/m1/s1. The van der Waals surface area contributed by atoms with E-state index in [4.69, 9.17) is 15.2 Å². The Morgan fingerprint density at radius 2 is 2.00 bits per heavy atom. The van der Waals surface area contributed by atoms with E-state index in [9.17, 15) is 9.59 Å². The van der Waals surface area contributed by atoms with Crippen LogP contribution in [0.3, 0.4) is 0 Å². The maximum atomic E-state index is 12.0. The van der Waals surface area contributed by atoms with Crippen molar-refractivity contribution in [1.29, 1.82) is 0 Å². The minimum Gasteiger partial charge on any atom is -0.468 e. The Kier molecular flexibility index (Phi) is 4.20. The van der Waals surface area contributed by atoms with E-state index in [1.807, 2.05) is 6.08 Å². The van der Waals surface area contributed by atoms with Crippen LogP contribution in [-0.4, -0.2) is 30.7 Å². The summed E-state index contributed by atoms with van der Waals surface area (Å²) < 4.78 is 10.1. The van der Waals surface area contributed by atoms with Crippen molar-refractivity contribution in [3.63, 3.8) is 0 Å². The number of ether oxygens (including phenoxy) is 2. The molecule has 0 fully saturated rings. The Balaban J connectivity index is 2.18. The van der Waals surface area contributed by atoms with Crippen molar-refractivity contribution in [3.05, 3.63) is 48.0 Å². The van der Waals surface area contributed by atoms with Crippen molar-refractivity contribution < 1.29 is 19.1 Å². The summed E-state index contributed by atoms with van der Waals surface area (Å²) in [6.45, 7) is 0. The van der Waals surface area contributed by atoms with Gasteiger partial charge in [0.2, 0.25) is 0 Å². The molecular formula is C15H17NO4. The second-order valence-corrected chi connectivity index (χ2v) is 4.69. The molecule has 0 radical (unpaired) electrons. The van der Waals surface area contributed by atoms with Gasteiger partial charge in [-0.25, -0.2) is 9.59 Å². The third kappa shape index (κ3) is 2.72. The molecule has 2 atom stereocenters. The SMILES string of the molecule is COC(=O)[C@]1(N)CCC=C[C@H]1OC(=O)c1ccccc1. The molecule has 2 N–H and O–H groups in total. The van der Waals surface area contributed by atoms with E-state index in [0.29, 0.717) is 18.4 Å². The maximum Gasteiger partial charge on any atom is 0.338 e. The fourth-order valence-electron chi connectivity index (χ4n) is 2.17. The third-order valence-corrected chi connectivity index (χ3v) is 3.35. The van der Waals surface area contributed by atoms with Gasteiger partial charge in [-0.1, -0.05) is 24.3 Å². The monoisotopic (exact) mass is 275 g/mol. The van der Waals surface area contributed by atoms with E-state index in [1.54, 1.807) is 36.4 Å². The largest absolute Gasteiger partial charge is 0.468 e. The number of allylic oxidation sites excluding steroid dienone is 1. The molecule has 1 aliphatic rings. The molecule has 0 spiro atoms. The van der Waals surface area contributed by atoms with Gasteiger partial charge in [0, 0.05) is 0 Å². The van der Waals surface area contributed by atoms with Crippen LogP contribution in [0, 0.1) is 0 Å². The first-order chi connectivity index (χ1) is 9.58. The predicted molar refractivity (Wildman–Crippen MR) is 73.0 cm³/mol. The molecule has 106 valence electrons. The Bertz CT molecular complexity index is 526. The van der Waals surface area contributed by atoms with Gasteiger partial charge in [-0.05, 0) is 31.1 Å². The highest BCUT2D eigenvalue weighted by Gasteiger charge is 2.45. The lowest BCUT2D eigenvalue weighted by atomic mass is 9.84. The topological polar surface area (TPSA) is 78.6 Å². The zero-order valence-electron chi connectivity index (χ0n) is 11.2. The molecule has 0 aliphatic heterocycles. The first-order valence-electron chi connectivity index (χ1n) is 6.38. The van der Waals surface area contributed by atoms with Gasteiger partial charge in [0.15, 0.2) is 5.54 Å². The van der Waals surface area contributed by atoms with E-state index >= 15 is 0 Å². The smallest absolute Gasteiger partial charge is 0.338 e. The molecular weight excluding hydrogens is 258 g/mol. The van der Waals surface area contributed by atoms with Crippen molar-refractivity contribution in [2.75, 3.05) is 7.11 Å². The van der Waals surface area contributed by atoms with Crippen LogP contribution in [0.15, 0.2) is 42.5 Å². The zero-order valence-corrected chi connectivity index (χ0v) is 11.2. The molecule has 5 nitrogen and oxygen atoms in total. The van der Waals surface area contributed by atoms with Crippen LogP contribution >= 0.6 is 0 Å². The Labute approximate surface area is 117 Å². The quantitative estimate of drug-likeness (QED) is 0.667. The van der Waals surface area contributed by atoms with Gasteiger partial charge in [-0.3, -0.25) is 0 Å². The number of carbonyl (C=O) groups is 2. The van der Waals surface area contributed by atoms with Crippen LogP contribution in [0.4, 0.5) is 0 Å². The summed E-state index contributed by atoms with van der Waals surface area (Å²) in [5, 5.41) is 0. The second-order valence-electron chi connectivity index (χ2n) is 4.69. The minimum absolute atomic E-state index is 0.378. The summed E-state index contributed by atoms with van der Waals surface area (Å²) in [5.41, 5.74) is 5.17. The average molecular weight is 275 g/mol. The summed E-state index contributed by atoms with van der Waals surface area (Å²) in [7, 11) is 1.27. The molecule has 5 heteroatoms. The molecule has 0 bridgehead atoms. The van der Waals surface area contributed by atoms with Crippen LogP contribution < -0.4 is 5.73 Å². The summed E-state index contributed by atoms with van der Waals surface area (Å²) in [4.78, 5) is 23.9. The Morgan fingerprint density at radius 3 is 2.65 bits per heavy atom.